The first kappa shape index (κ1) is 15.1. The molecule has 1 heterocycles. The molecule has 5 nitrogen and oxygen atoms in total. The Hall–Kier alpha value is -2.27. The molecule has 110 valence electrons. The fraction of sp³-hybridized carbons (Fsp3) is 0.200. The van der Waals surface area contributed by atoms with Crippen molar-refractivity contribution in [1.29, 1.82) is 0 Å². The van der Waals surface area contributed by atoms with Gasteiger partial charge in [0.25, 0.3) is 0 Å². The van der Waals surface area contributed by atoms with Crippen LogP contribution in [0.5, 0.6) is 0 Å². The number of nitrogens with one attached hydrogen (secondary N) is 2. The lowest BCUT2D eigenvalue weighted by Crippen LogP contribution is -2.51. The topological polar surface area (TPSA) is 67.4 Å². The van der Waals surface area contributed by atoms with E-state index in [1.54, 1.807) is 24.3 Å². The summed E-state index contributed by atoms with van der Waals surface area (Å²) in [6.07, 6.45) is 1.48. The molecule has 0 unspecified atom stereocenters. The SMILES string of the molecule is C=CCOC(=O)[C@@H]1C(=C)NC(=O)N[C@H]1c1ccc(Cl)cc1. The summed E-state index contributed by atoms with van der Waals surface area (Å²) in [5.74, 6) is -1.20. The summed E-state index contributed by atoms with van der Waals surface area (Å²) >= 11 is 5.86. The number of hydrogen-bond acceptors (Lipinski definition) is 3. The molecule has 21 heavy (non-hydrogen) atoms. The van der Waals surface area contributed by atoms with Gasteiger partial charge < -0.3 is 15.4 Å². The van der Waals surface area contributed by atoms with Crippen LogP contribution in [0, 0.1) is 5.92 Å². The molecule has 1 aromatic carbocycles. The average Bonchev–Trinajstić information content (AvgIpc) is 2.44. The van der Waals surface area contributed by atoms with E-state index in [0.29, 0.717) is 10.7 Å². The van der Waals surface area contributed by atoms with E-state index < -0.39 is 24.0 Å². The fourth-order valence-corrected chi connectivity index (χ4v) is 2.27. The number of hydrogen-bond donors (Lipinski definition) is 2. The first-order valence-electron chi connectivity index (χ1n) is 6.32. The molecule has 0 aromatic heterocycles. The van der Waals surface area contributed by atoms with Gasteiger partial charge >= 0.3 is 12.0 Å². The Morgan fingerprint density at radius 2 is 2.05 bits per heavy atom. The minimum atomic E-state index is -0.719. The molecule has 0 radical (unpaired) electrons. The third-order valence-corrected chi connectivity index (χ3v) is 3.35. The molecule has 0 bridgehead atoms. The first-order chi connectivity index (χ1) is 10.0. The summed E-state index contributed by atoms with van der Waals surface area (Å²) in [6.45, 7) is 7.34. The highest BCUT2D eigenvalue weighted by atomic mass is 35.5. The van der Waals surface area contributed by atoms with Crippen LogP contribution in [0.1, 0.15) is 11.6 Å². The van der Waals surface area contributed by atoms with Crippen molar-refractivity contribution >= 4 is 23.6 Å². The molecule has 1 fully saturated rings. The van der Waals surface area contributed by atoms with Crippen LogP contribution in [0.25, 0.3) is 0 Å². The maximum atomic E-state index is 12.2. The number of ether oxygens (including phenoxy) is 1. The van der Waals surface area contributed by atoms with E-state index in [1.165, 1.54) is 6.08 Å². The second kappa shape index (κ2) is 6.45. The molecule has 2 N–H and O–H groups in total. The van der Waals surface area contributed by atoms with Crippen molar-refractivity contribution in [3.63, 3.8) is 0 Å². The van der Waals surface area contributed by atoms with Gasteiger partial charge in [0.15, 0.2) is 0 Å². The normalized spacial score (nSPS) is 21.2. The number of halogens is 1. The molecule has 1 saturated heterocycles. The van der Waals surface area contributed by atoms with Gasteiger partial charge in [-0.1, -0.05) is 43.0 Å². The predicted octanol–water partition coefficient (Wildman–Crippen LogP) is 2.55. The maximum Gasteiger partial charge on any atom is 0.319 e. The van der Waals surface area contributed by atoms with Crippen molar-refractivity contribution in [1.82, 2.24) is 10.6 Å². The zero-order chi connectivity index (χ0) is 15.4. The summed E-state index contributed by atoms with van der Waals surface area (Å²) in [7, 11) is 0. The molecular weight excluding hydrogens is 292 g/mol. The Bertz CT molecular complexity index is 583. The largest absolute Gasteiger partial charge is 0.461 e. The van der Waals surface area contributed by atoms with Gasteiger partial charge in [0.05, 0.1) is 6.04 Å². The number of carbonyl (C=O) groups excluding carboxylic acids is 2. The van der Waals surface area contributed by atoms with Gasteiger partial charge in [-0.05, 0) is 17.7 Å². The average molecular weight is 307 g/mol. The molecule has 0 aliphatic carbocycles. The highest BCUT2D eigenvalue weighted by Gasteiger charge is 2.38. The van der Waals surface area contributed by atoms with Crippen LogP contribution in [-0.4, -0.2) is 18.6 Å². The monoisotopic (exact) mass is 306 g/mol. The maximum absolute atomic E-state index is 12.2. The van der Waals surface area contributed by atoms with Crippen molar-refractivity contribution in [2.24, 2.45) is 5.92 Å². The van der Waals surface area contributed by atoms with Gasteiger partial charge in [0.2, 0.25) is 0 Å². The number of urea groups is 1. The first-order valence-corrected chi connectivity index (χ1v) is 6.70. The molecule has 1 aromatic rings. The Labute approximate surface area is 127 Å². The van der Waals surface area contributed by atoms with Crippen LogP contribution in [0.3, 0.4) is 0 Å². The number of esters is 1. The van der Waals surface area contributed by atoms with Crippen LogP contribution in [-0.2, 0) is 9.53 Å². The molecule has 0 spiro atoms. The molecule has 0 saturated carbocycles. The third kappa shape index (κ3) is 3.44. The second-order valence-electron chi connectivity index (χ2n) is 4.55. The second-order valence-corrected chi connectivity index (χ2v) is 4.99. The van der Waals surface area contributed by atoms with Crippen molar-refractivity contribution in [3.05, 3.63) is 59.8 Å². The molecule has 2 amide bonds. The fourth-order valence-electron chi connectivity index (χ4n) is 2.14. The summed E-state index contributed by atoms with van der Waals surface area (Å²) in [6, 6.07) is 5.92. The lowest BCUT2D eigenvalue weighted by molar-refractivity contribution is -0.147. The number of carbonyl (C=O) groups is 2. The number of benzene rings is 1. The lowest BCUT2D eigenvalue weighted by Gasteiger charge is -2.33. The Morgan fingerprint density at radius 1 is 1.38 bits per heavy atom. The van der Waals surface area contributed by atoms with Crippen LogP contribution >= 0.6 is 11.6 Å². The van der Waals surface area contributed by atoms with E-state index >= 15 is 0 Å². The minimum absolute atomic E-state index is 0.101. The van der Waals surface area contributed by atoms with Crippen molar-refractivity contribution in [3.8, 4) is 0 Å². The number of rotatable bonds is 4. The van der Waals surface area contributed by atoms with E-state index in [-0.39, 0.29) is 6.61 Å². The molecule has 2 atom stereocenters. The molecule has 6 heteroatoms. The van der Waals surface area contributed by atoms with Crippen LogP contribution in [0.2, 0.25) is 5.02 Å². The Morgan fingerprint density at radius 3 is 2.67 bits per heavy atom. The van der Waals surface area contributed by atoms with Crippen LogP contribution in [0.15, 0.2) is 49.2 Å². The van der Waals surface area contributed by atoms with Crippen molar-refractivity contribution in [2.75, 3.05) is 6.61 Å². The Kier molecular flexibility index (Phi) is 4.65. The van der Waals surface area contributed by atoms with E-state index in [1.807, 2.05) is 0 Å². The van der Waals surface area contributed by atoms with Gasteiger partial charge in [0.1, 0.15) is 12.5 Å². The summed E-state index contributed by atoms with van der Waals surface area (Å²) in [5, 5.41) is 5.78. The quantitative estimate of drug-likeness (QED) is 0.663. The zero-order valence-corrected chi connectivity index (χ0v) is 12.0. The highest BCUT2D eigenvalue weighted by Crippen LogP contribution is 2.30. The highest BCUT2D eigenvalue weighted by molar-refractivity contribution is 6.30. The molecular formula is C15H15ClN2O3. The molecule has 1 aliphatic rings. The van der Waals surface area contributed by atoms with Crippen LogP contribution < -0.4 is 10.6 Å². The standard InChI is InChI=1S/C15H15ClN2O3/c1-3-8-21-14(19)12-9(2)17-15(20)18-13(12)10-4-6-11(16)7-5-10/h3-7,12-13H,1-2,8H2,(H2,17,18,20)/t12-,13+/m1/s1. The van der Waals surface area contributed by atoms with E-state index in [4.69, 9.17) is 16.3 Å². The predicted molar refractivity (Wildman–Crippen MR) is 79.6 cm³/mol. The van der Waals surface area contributed by atoms with Gasteiger partial charge in [0, 0.05) is 10.7 Å². The smallest absolute Gasteiger partial charge is 0.319 e. The molecule has 1 aliphatic heterocycles. The van der Waals surface area contributed by atoms with Gasteiger partial charge in [-0.2, -0.15) is 0 Å². The zero-order valence-electron chi connectivity index (χ0n) is 11.3. The molecule has 2 rings (SSSR count). The van der Waals surface area contributed by atoms with Crippen molar-refractivity contribution < 1.29 is 14.3 Å². The van der Waals surface area contributed by atoms with Crippen LogP contribution in [0.4, 0.5) is 4.79 Å². The number of amides is 2. The Balaban J connectivity index is 2.30. The van der Waals surface area contributed by atoms with E-state index in [2.05, 4.69) is 23.8 Å². The summed E-state index contributed by atoms with van der Waals surface area (Å²) in [5.41, 5.74) is 1.05. The lowest BCUT2D eigenvalue weighted by atomic mass is 9.89. The van der Waals surface area contributed by atoms with Gasteiger partial charge in [-0.25, -0.2) is 4.79 Å². The van der Waals surface area contributed by atoms with Crippen molar-refractivity contribution in [2.45, 2.75) is 6.04 Å². The van der Waals surface area contributed by atoms with E-state index in [9.17, 15) is 9.59 Å². The van der Waals surface area contributed by atoms with Gasteiger partial charge in [-0.15, -0.1) is 0 Å². The van der Waals surface area contributed by atoms with E-state index in [0.717, 1.165) is 5.56 Å². The summed E-state index contributed by atoms with van der Waals surface area (Å²) in [4.78, 5) is 23.8. The minimum Gasteiger partial charge on any atom is -0.461 e. The third-order valence-electron chi connectivity index (χ3n) is 3.10. The van der Waals surface area contributed by atoms with Gasteiger partial charge in [-0.3, -0.25) is 4.79 Å². The summed E-state index contributed by atoms with van der Waals surface area (Å²) < 4.78 is 5.08.